The number of sulfonamides is 1. The Morgan fingerprint density at radius 1 is 1.21 bits per heavy atom. The van der Waals surface area contributed by atoms with Crippen LogP contribution in [0.4, 0.5) is 0 Å². The van der Waals surface area contributed by atoms with Crippen LogP contribution in [0.2, 0.25) is 0 Å². The molecule has 0 saturated carbocycles. The average Bonchev–Trinajstić information content (AvgIpc) is 2.80. The molecule has 0 radical (unpaired) electrons. The van der Waals surface area contributed by atoms with Crippen LogP contribution in [0.3, 0.4) is 0 Å². The minimum atomic E-state index is -3.51. The van der Waals surface area contributed by atoms with Gasteiger partial charge in [-0.2, -0.15) is 9.40 Å². The third kappa shape index (κ3) is 3.54. The molecule has 0 aliphatic heterocycles. The molecule has 2 rings (SSSR count). The molecule has 0 aliphatic carbocycles. The Bertz CT molecular complexity index is 808. The van der Waals surface area contributed by atoms with E-state index in [2.05, 4.69) is 18.9 Å². The first-order valence-corrected chi connectivity index (χ1v) is 9.67. The third-order valence-electron chi connectivity index (χ3n) is 4.81. The quantitative estimate of drug-likeness (QED) is 0.803. The third-order valence-corrected chi connectivity index (χ3v) is 6.63. The van der Waals surface area contributed by atoms with Gasteiger partial charge in [0.25, 0.3) is 0 Å². The van der Waals surface area contributed by atoms with Gasteiger partial charge in [0, 0.05) is 31.9 Å². The van der Waals surface area contributed by atoms with Crippen molar-refractivity contribution < 1.29 is 8.42 Å². The molecule has 6 heteroatoms. The summed E-state index contributed by atoms with van der Waals surface area (Å²) in [5.74, 6) is 0.431. The van der Waals surface area contributed by atoms with Gasteiger partial charge in [0.15, 0.2) is 0 Å². The first kappa shape index (κ1) is 18.7. The Kier molecular flexibility index (Phi) is 5.50. The number of hydrogen-bond acceptors (Lipinski definition) is 3. The molecule has 0 unspecified atom stereocenters. The molecule has 1 aromatic carbocycles. The van der Waals surface area contributed by atoms with Crippen molar-refractivity contribution in [3.8, 4) is 0 Å². The summed E-state index contributed by atoms with van der Waals surface area (Å²) in [6.45, 7) is 8.45. The molecule has 0 fully saturated rings. The molecular formula is C18H27N3O2S. The van der Waals surface area contributed by atoms with Crippen molar-refractivity contribution in [2.75, 3.05) is 7.05 Å². The lowest BCUT2D eigenvalue weighted by atomic mass is 9.99. The van der Waals surface area contributed by atoms with Crippen LogP contribution in [-0.4, -0.2) is 29.6 Å². The maximum atomic E-state index is 12.8. The fraction of sp³-hybridized carbons (Fsp3) is 0.500. The van der Waals surface area contributed by atoms with Gasteiger partial charge in [-0.05, 0) is 43.9 Å². The summed E-state index contributed by atoms with van der Waals surface area (Å²) in [6, 6.07) is 7.23. The minimum Gasteiger partial charge on any atom is -0.272 e. The summed E-state index contributed by atoms with van der Waals surface area (Å²) in [5, 5.41) is 4.35. The van der Waals surface area contributed by atoms with E-state index in [4.69, 9.17) is 0 Å². The highest BCUT2D eigenvalue weighted by Gasteiger charge is 2.23. The second-order valence-corrected chi connectivity index (χ2v) is 8.46. The predicted molar refractivity (Wildman–Crippen MR) is 96.5 cm³/mol. The van der Waals surface area contributed by atoms with Gasteiger partial charge >= 0.3 is 0 Å². The molecule has 0 amide bonds. The van der Waals surface area contributed by atoms with Crippen LogP contribution >= 0.6 is 0 Å². The summed E-state index contributed by atoms with van der Waals surface area (Å²) in [4.78, 5) is 0.330. The topological polar surface area (TPSA) is 55.2 Å². The van der Waals surface area contributed by atoms with Gasteiger partial charge in [0.1, 0.15) is 0 Å². The van der Waals surface area contributed by atoms with Crippen molar-refractivity contribution in [1.29, 1.82) is 0 Å². The van der Waals surface area contributed by atoms with E-state index in [1.54, 1.807) is 23.9 Å². The highest BCUT2D eigenvalue weighted by molar-refractivity contribution is 7.89. The van der Waals surface area contributed by atoms with Crippen molar-refractivity contribution in [3.05, 3.63) is 46.8 Å². The molecule has 0 bridgehead atoms. The first-order chi connectivity index (χ1) is 11.2. The summed E-state index contributed by atoms with van der Waals surface area (Å²) < 4.78 is 28.8. The highest BCUT2D eigenvalue weighted by atomic mass is 32.2. The summed E-state index contributed by atoms with van der Waals surface area (Å²) >= 11 is 0. The zero-order valence-electron chi connectivity index (χ0n) is 15.4. The Morgan fingerprint density at radius 3 is 2.25 bits per heavy atom. The lowest BCUT2D eigenvalue weighted by Crippen LogP contribution is -2.27. The van der Waals surface area contributed by atoms with Gasteiger partial charge < -0.3 is 0 Å². The van der Waals surface area contributed by atoms with Crippen molar-refractivity contribution in [3.63, 3.8) is 0 Å². The van der Waals surface area contributed by atoms with Gasteiger partial charge in [-0.3, -0.25) is 4.68 Å². The van der Waals surface area contributed by atoms with E-state index in [9.17, 15) is 8.42 Å². The second kappa shape index (κ2) is 7.07. The molecule has 24 heavy (non-hydrogen) atoms. The van der Waals surface area contributed by atoms with E-state index in [0.717, 1.165) is 28.9 Å². The van der Waals surface area contributed by atoms with Gasteiger partial charge in [-0.25, -0.2) is 8.42 Å². The zero-order chi connectivity index (χ0) is 18.1. The molecule has 0 aliphatic rings. The Morgan fingerprint density at radius 2 is 1.79 bits per heavy atom. The van der Waals surface area contributed by atoms with Gasteiger partial charge in [-0.1, -0.05) is 26.0 Å². The van der Waals surface area contributed by atoms with Gasteiger partial charge in [0.05, 0.1) is 10.6 Å². The summed E-state index contributed by atoms with van der Waals surface area (Å²) in [7, 11) is -0.0304. The van der Waals surface area contributed by atoms with Crippen molar-refractivity contribution in [1.82, 2.24) is 14.1 Å². The molecule has 1 atom stereocenters. The zero-order valence-corrected chi connectivity index (χ0v) is 16.2. The fourth-order valence-electron chi connectivity index (χ4n) is 2.74. The van der Waals surface area contributed by atoms with Crippen molar-refractivity contribution in [2.45, 2.75) is 51.5 Å². The van der Waals surface area contributed by atoms with Crippen LogP contribution in [0, 0.1) is 13.8 Å². The molecule has 0 N–H and O–H groups in total. The number of rotatable bonds is 6. The van der Waals surface area contributed by atoms with E-state index in [0.29, 0.717) is 17.4 Å². The van der Waals surface area contributed by atoms with Crippen LogP contribution in [0.1, 0.15) is 48.7 Å². The number of aromatic nitrogens is 2. The van der Waals surface area contributed by atoms with Crippen LogP contribution in [0.25, 0.3) is 0 Å². The Balaban J connectivity index is 2.26. The summed E-state index contributed by atoms with van der Waals surface area (Å²) in [5.41, 5.74) is 3.98. The minimum absolute atomic E-state index is 0.320. The fourth-order valence-corrected chi connectivity index (χ4v) is 3.88. The van der Waals surface area contributed by atoms with E-state index < -0.39 is 10.0 Å². The number of benzene rings is 1. The van der Waals surface area contributed by atoms with E-state index in [1.807, 2.05) is 33.0 Å². The lowest BCUT2D eigenvalue weighted by molar-refractivity contribution is 0.465. The van der Waals surface area contributed by atoms with Crippen LogP contribution in [0.5, 0.6) is 0 Å². The maximum Gasteiger partial charge on any atom is 0.243 e. The molecule has 132 valence electrons. The highest BCUT2D eigenvalue weighted by Crippen LogP contribution is 2.23. The van der Waals surface area contributed by atoms with Crippen molar-refractivity contribution >= 4 is 10.0 Å². The number of nitrogens with zero attached hydrogens (tertiary/aromatic N) is 3. The summed E-state index contributed by atoms with van der Waals surface area (Å²) in [6.07, 6.45) is 1.03. The van der Waals surface area contributed by atoms with E-state index in [1.165, 1.54) is 4.31 Å². The lowest BCUT2D eigenvalue weighted by Gasteiger charge is -2.18. The molecule has 2 aromatic rings. The molecular weight excluding hydrogens is 322 g/mol. The SMILES string of the molecule is CC[C@@H](C)c1ccc(S(=O)(=O)N(C)Cc2c(C)nn(C)c2C)cc1. The van der Waals surface area contributed by atoms with Gasteiger partial charge in [-0.15, -0.1) is 0 Å². The van der Waals surface area contributed by atoms with E-state index >= 15 is 0 Å². The van der Waals surface area contributed by atoms with Crippen LogP contribution in [0.15, 0.2) is 29.2 Å². The normalized spacial score (nSPS) is 13.5. The van der Waals surface area contributed by atoms with E-state index in [-0.39, 0.29) is 0 Å². The largest absolute Gasteiger partial charge is 0.272 e. The van der Waals surface area contributed by atoms with Gasteiger partial charge in [0.2, 0.25) is 10.0 Å². The Hall–Kier alpha value is -1.66. The average molecular weight is 350 g/mol. The number of hydrogen-bond donors (Lipinski definition) is 0. The second-order valence-electron chi connectivity index (χ2n) is 6.41. The molecule has 5 nitrogen and oxygen atoms in total. The van der Waals surface area contributed by atoms with Crippen LogP contribution < -0.4 is 0 Å². The standard InChI is InChI=1S/C18H27N3O2S/c1-7-13(2)16-8-10-17(11-9-16)24(22,23)20(5)12-18-14(3)19-21(6)15(18)4/h8-11,13H,7,12H2,1-6H3/t13-/m1/s1. The van der Waals surface area contributed by atoms with Crippen molar-refractivity contribution in [2.24, 2.45) is 7.05 Å². The monoisotopic (exact) mass is 349 g/mol. The smallest absolute Gasteiger partial charge is 0.243 e. The first-order valence-electron chi connectivity index (χ1n) is 8.23. The predicted octanol–water partition coefficient (Wildman–Crippen LogP) is 3.37. The molecule has 0 spiro atoms. The Labute approximate surface area is 145 Å². The maximum absolute atomic E-state index is 12.8. The molecule has 1 heterocycles. The van der Waals surface area contributed by atoms with Crippen LogP contribution in [-0.2, 0) is 23.6 Å². The molecule has 1 aromatic heterocycles. The molecule has 0 saturated heterocycles. The number of aryl methyl sites for hydroxylation is 2.